The predicted molar refractivity (Wildman–Crippen MR) is 98.3 cm³/mol. The highest BCUT2D eigenvalue weighted by Crippen LogP contribution is 2.52. The van der Waals surface area contributed by atoms with Crippen LogP contribution in [0.5, 0.6) is 0 Å². The van der Waals surface area contributed by atoms with E-state index >= 15 is 0 Å². The SMILES string of the molecule is CN=C(NCC1(N(C)C)CCSC1)NC1C2CCOC2C1(C)C. The number of nitrogens with zero attached hydrogens (tertiary/aromatic N) is 2. The zero-order valence-corrected chi connectivity index (χ0v) is 16.0. The van der Waals surface area contributed by atoms with Crippen molar-refractivity contribution in [2.45, 2.75) is 44.4 Å². The smallest absolute Gasteiger partial charge is 0.191 e. The molecule has 3 fully saturated rings. The summed E-state index contributed by atoms with van der Waals surface area (Å²) in [5, 5.41) is 7.27. The van der Waals surface area contributed by atoms with Crippen LogP contribution in [0.25, 0.3) is 0 Å². The van der Waals surface area contributed by atoms with Crippen molar-refractivity contribution in [3.05, 3.63) is 0 Å². The van der Waals surface area contributed by atoms with E-state index in [2.05, 4.69) is 60.2 Å². The molecule has 2 aliphatic heterocycles. The van der Waals surface area contributed by atoms with Gasteiger partial charge in [-0.05, 0) is 32.7 Å². The van der Waals surface area contributed by atoms with Crippen molar-refractivity contribution >= 4 is 17.7 Å². The lowest BCUT2D eigenvalue weighted by atomic mass is 9.57. The summed E-state index contributed by atoms with van der Waals surface area (Å²) in [6.07, 6.45) is 2.82. The van der Waals surface area contributed by atoms with Gasteiger partial charge in [-0.15, -0.1) is 0 Å². The van der Waals surface area contributed by atoms with Gasteiger partial charge in [-0.3, -0.25) is 4.99 Å². The van der Waals surface area contributed by atoms with E-state index in [-0.39, 0.29) is 11.0 Å². The molecular formula is C17H32N4OS. The molecule has 0 radical (unpaired) electrons. The van der Waals surface area contributed by atoms with Gasteiger partial charge in [-0.2, -0.15) is 11.8 Å². The molecule has 6 heteroatoms. The molecule has 5 nitrogen and oxygen atoms in total. The molecule has 0 spiro atoms. The zero-order valence-electron chi connectivity index (χ0n) is 15.2. The molecule has 0 aromatic carbocycles. The molecule has 0 bridgehead atoms. The summed E-state index contributed by atoms with van der Waals surface area (Å²) in [7, 11) is 6.26. The van der Waals surface area contributed by atoms with Crippen LogP contribution in [0.3, 0.4) is 0 Å². The Bertz CT molecular complexity index is 460. The number of guanidine groups is 1. The Kier molecular flexibility index (Phi) is 4.87. The summed E-state index contributed by atoms with van der Waals surface area (Å²) >= 11 is 2.05. The van der Waals surface area contributed by atoms with Crippen LogP contribution in [-0.4, -0.2) is 74.3 Å². The fraction of sp³-hybridized carbons (Fsp3) is 0.941. The Hall–Kier alpha value is -0.460. The van der Waals surface area contributed by atoms with Gasteiger partial charge in [0.15, 0.2) is 5.96 Å². The van der Waals surface area contributed by atoms with Crippen LogP contribution in [0, 0.1) is 11.3 Å². The normalized spacial score (nSPS) is 39.2. The van der Waals surface area contributed by atoms with Crippen LogP contribution < -0.4 is 10.6 Å². The third kappa shape index (κ3) is 2.98. The van der Waals surface area contributed by atoms with Gasteiger partial charge >= 0.3 is 0 Å². The molecule has 1 aliphatic carbocycles. The van der Waals surface area contributed by atoms with Crippen LogP contribution in [0.4, 0.5) is 0 Å². The summed E-state index contributed by atoms with van der Waals surface area (Å²) in [5.74, 6) is 4.01. The van der Waals surface area contributed by atoms with E-state index < -0.39 is 0 Å². The van der Waals surface area contributed by atoms with Gasteiger partial charge in [0.2, 0.25) is 0 Å². The molecule has 3 aliphatic rings. The van der Waals surface area contributed by atoms with Gasteiger partial charge in [0.05, 0.1) is 6.10 Å². The number of aliphatic imine (C=N–C) groups is 1. The molecule has 2 heterocycles. The number of hydrogen-bond acceptors (Lipinski definition) is 4. The Labute approximate surface area is 145 Å². The molecule has 0 amide bonds. The second-order valence-corrected chi connectivity index (χ2v) is 9.14. The predicted octanol–water partition coefficient (Wildman–Crippen LogP) is 1.40. The van der Waals surface area contributed by atoms with Gasteiger partial charge in [0.1, 0.15) is 0 Å². The molecule has 1 saturated carbocycles. The summed E-state index contributed by atoms with van der Waals surface area (Å²) < 4.78 is 5.89. The van der Waals surface area contributed by atoms with Crippen molar-refractivity contribution in [3.8, 4) is 0 Å². The van der Waals surface area contributed by atoms with Crippen molar-refractivity contribution in [2.24, 2.45) is 16.3 Å². The monoisotopic (exact) mass is 340 g/mol. The number of rotatable bonds is 4. The number of ether oxygens (including phenoxy) is 1. The summed E-state index contributed by atoms with van der Waals surface area (Å²) in [4.78, 5) is 6.85. The van der Waals surface area contributed by atoms with E-state index in [4.69, 9.17) is 4.74 Å². The molecule has 0 aromatic rings. The van der Waals surface area contributed by atoms with Crippen LogP contribution in [0.1, 0.15) is 26.7 Å². The van der Waals surface area contributed by atoms with Gasteiger partial charge in [0, 0.05) is 48.9 Å². The number of fused-ring (bicyclic) bond motifs is 1. The van der Waals surface area contributed by atoms with Gasteiger partial charge < -0.3 is 20.3 Å². The first-order valence-electron chi connectivity index (χ1n) is 8.75. The Morgan fingerprint density at radius 2 is 2.17 bits per heavy atom. The van der Waals surface area contributed by atoms with Crippen molar-refractivity contribution in [3.63, 3.8) is 0 Å². The minimum atomic E-state index is 0.182. The molecule has 4 unspecified atom stereocenters. The van der Waals surface area contributed by atoms with E-state index in [0.29, 0.717) is 18.1 Å². The lowest BCUT2D eigenvalue weighted by Crippen LogP contribution is -2.68. The minimum absolute atomic E-state index is 0.182. The lowest BCUT2D eigenvalue weighted by Gasteiger charge is -2.55. The molecule has 2 saturated heterocycles. The average Bonchev–Trinajstić information content (AvgIpc) is 3.16. The van der Waals surface area contributed by atoms with E-state index in [0.717, 1.165) is 19.1 Å². The topological polar surface area (TPSA) is 48.9 Å². The van der Waals surface area contributed by atoms with Crippen molar-refractivity contribution in [1.82, 2.24) is 15.5 Å². The maximum absolute atomic E-state index is 5.89. The van der Waals surface area contributed by atoms with E-state index in [1.807, 2.05) is 7.05 Å². The Balaban J connectivity index is 1.59. The number of likely N-dealkylation sites (N-methyl/N-ethyl adjacent to an activating group) is 1. The lowest BCUT2D eigenvalue weighted by molar-refractivity contribution is -0.106. The molecule has 132 valence electrons. The average molecular weight is 341 g/mol. The van der Waals surface area contributed by atoms with Gasteiger partial charge in [-0.25, -0.2) is 0 Å². The van der Waals surface area contributed by atoms with Crippen LogP contribution in [-0.2, 0) is 4.74 Å². The fourth-order valence-electron chi connectivity index (χ4n) is 4.45. The highest BCUT2D eigenvalue weighted by atomic mass is 32.2. The van der Waals surface area contributed by atoms with Crippen molar-refractivity contribution in [2.75, 3.05) is 45.8 Å². The maximum Gasteiger partial charge on any atom is 0.191 e. The van der Waals surface area contributed by atoms with Gasteiger partial charge in [-0.1, -0.05) is 13.8 Å². The second-order valence-electron chi connectivity index (χ2n) is 8.03. The summed E-state index contributed by atoms with van der Waals surface area (Å²) in [5.41, 5.74) is 0.428. The summed E-state index contributed by atoms with van der Waals surface area (Å²) in [6.45, 7) is 6.47. The fourth-order valence-corrected chi connectivity index (χ4v) is 6.01. The third-order valence-corrected chi connectivity index (χ3v) is 7.47. The first-order valence-corrected chi connectivity index (χ1v) is 9.90. The maximum atomic E-state index is 5.89. The van der Waals surface area contributed by atoms with Crippen molar-refractivity contribution < 1.29 is 4.74 Å². The number of thioether (sulfide) groups is 1. The van der Waals surface area contributed by atoms with E-state index in [1.54, 1.807) is 0 Å². The van der Waals surface area contributed by atoms with Crippen LogP contribution in [0.15, 0.2) is 4.99 Å². The standard InChI is InChI=1S/C17H32N4OS/c1-16(2)13(12-6-8-22-14(12)16)20-15(18-3)19-10-17(21(4)5)7-9-23-11-17/h12-14H,6-11H2,1-5H3,(H2,18,19,20). The highest BCUT2D eigenvalue weighted by molar-refractivity contribution is 7.99. The molecule has 2 N–H and O–H groups in total. The van der Waals surface area contributed by atoms with E-state index in [9.17, 15) is 0 Å². The van der Waals surface area contributed by atoms with Crippen LogP contribution in [0.2, 0.25) is 0 Å². The Morgan fingerprint density at radius 1 is 1.39 bits per heavy atom. The minimum Gasteiger partial charge on any atom is -0.377 e. The molecule has 4 atom stereocenters. The van der Waals surface area contributed by atoms with Crippen molar-refractivity contribution in [1.29, 1.82) is 0 Å². The third-order valence-electron chi connectivity index (χ3n) is 6.23. The molecule has 3 rings (SSSR count). The molecule has 0 aromatic heterocycles. The zero-order chi connectivity index (χ0) is 16.7. The highest BCUT2D eigenvalue weighted by Gasteiger charge is 2.59. The second kappa shape index (κ2) is 6.45. The largest absolute Gasteiger partial charge is 0.377 e. The number of nitrogens with one attached hydrogen (secondary N) is 2. The summed E-state index contributed by atoms with van der Waals surface area (Å²) in [6, 6.07) is 0.453. The quantitative estimate of drug-likeness (QED) is 0.598. The number of hydrogen-bond donors (Lipinski definition) is 2. The molecular weight excluding hydrogens is 308 g/mol. The van der Waals surface area contributed by atoms with E-state index in [1.165, 1.54) is 24.3 Å². The molecule has 23 heavy (non-hydrogen) atoms. The van der Waals surface area contributed by atoms with Crippen LogP contribution >= 0.6 is 11.8 Å². The Morgan fingerprint density at radius 3 is 2.78 bits per heavy atom. The van der Waals surface area contributed by atoms with Gasteiger partial charge in [0.25, 0.3) is 0 Å². The first kappa shape index (κ1) is 17.4. The first-order chi connectivity index (χ1) is 10.9.